The zero-order chi connectivity index (χ0) is 19.3. The van der Waals surface area contributed by atoms with Crippen molar-refractivity contribution in [2.75, 3.05) is 0 Å². The van der Waals surface area contributed by atoms with Crippen molar-refractivity contribution in [1.29, 1.82) is 0 Å². The molecule has 0 fully saturated rings. The van der Waals surface area contributed by atoms with Crippen LogP contribution in [-0.2, 0) is 9.59 Å². The standard InChI is InChI=1S/C21H40O4/c1-17(2)11-7-5-9-14-21(20(24)25,16-13-19(22)23)15-10-6-8-12-18(3)4/h17-18H,5-16H2,1-4H3,(H,22,23)(H,24,25). The smallest absolute Gasteiger partial charge is 0.309 e. The van der Waals surface area contributed by atoms with E-state index in [1.807, 2.05) is 0 Å². The molecule has 4 heteroatoms. The summed E-state index contributed by atoms with van der Waals surface area (Å²) in [4.78, 5) is 23.0. The van der Waals surface area contributed by atoms with Crippen molar-refractivity contribution in [3.63, 3.8) is 0 Å². The van der Waals surface area contributed by atoms with Gasteiger partial charge in [0.15, 0.2) is 0 Å². The van der Waals surface area contributed by atoms with Crippen LogP contribution in [0.1, 0.15) is 105 Å². The Bertz CT molecular complexity index is 356. The first-order valence-corrected chi connectivity index (χ1v) is 10.1. The Morgan fingerprint density at radius 2 is 1.16 bits per heavy atom. The summed E-state index contributed by atoms with van der Waals surface area (Å²) < 4.78 is 0. The van der Waals surface area contributed by atoms with E-state index in [0.717, 1.165) is 38.5 Å². The molecule has 0 aliphatic heterocycles. The van der Waals surface area contributed by atoms with Gasteiger partial charge in [-0.25, -0.2) is 0 Å². The first-order chi connectivity index (χ1) is 11.7. The summed E-state index contributed by atoms with van der Waals surface area (Å²) in [6.07, 6.45) is 9.85. The molecule has 0 aromatic heterocycles. The second kappa shape index (κ2) is 13.2. The fourth-order valence-electron chi connectivity index (χ4n) is 3.43. The lowest BCUT2D eigenvalue weighted by atomic mass is 9.74. The Morgan fingerprint density at radius 1 is 0.720 bits per heavy atom. The average molecular weight is 357 g/mol. The molecule has 0 rings (SSSR count). The van der Waals surface area contributed by atoms with Crippen molar-refractivity contribution in [3.05, 3.63) is 0 Å². The number of carboxylic acids is 2. The minimum atomic E-state index is -0.898. The topological polar surface area (TPSA) is 74.6 Å². The average Bonchev–Trinajstić information content (AvgIpc) is 2.50. The van der Waals surface area contributed by atoms with E-state index >= 15 is 0 Å². The lowest BCUT2D eigenvalue weighted by molar-refractivity contribution is -0.151. The van der Waals surface area contributed by atoms with Gasteiger partial charge in [0.05, 0.1) is 5.41 Å². The van der Waals surface area contributed by atoms with E-state index in [2.05, 4.69) is 27.7 Å². The fraction of sp³-hybridized carbons (Fsp3) is 0.905. The van der Waals surface area contributed by atoms with E-state index in [1.54, 1.807) is 0 Å². The Balaban J connectivity index is 4.58. The zero-order valence-electron chi connectivity index (χ0n) is 16.9. The number of hydrogen-bond acceptors (Lipinski definition) is 2. The maximum absolute atomic E-state index is 12.0. The molecule has 2 N–H and O–H groups in total. The molecule has 0 heterocycles. The number of carbonyl (C=O) groups is 2. The highest BCUT2D eigenvalue weighted by molar-refractivity contribution is 5.76. The molecule has 0 atom stereocenters. The third-order valence-corrected chi connectivity index (χ3v) is 5.14. The van der Waals surface area contributed by atoms with E-state index in [1.165, 1.54) is 12.8 Å². The molecule has 4 nitrogen and oxygen atoms in total. The number of rotatable bonds is 16. The molecule has 0 spiro atoms. The Labute approximate surface area is 154 Å². The van der Waals surface area contributed by atoms with Crippen molar-refractivity contribution in [2.45, 2.75) is 105 Å². The number of unbranched alkanes of at least 4 members (excludes halogenated alkanes) is 4. The van der Waals surface area contributed by atoms with E-state index in [9.17, 15) is 14.7 Å². The molecular weight excluding hydrogens is 316 g/mol. The monoisotopic (exact) mass is 356 g/mol. The maximum Gasteiger partial charge on any atom is 0.309 e. The van der Waals surface area contributed by atoms with Crippen LogP contribution in [0.2, 0.25) is 0 Å². The highest BCUT2D eigenvalue weighted by atomic mass is 16.4. The van der Waals surface area contributed by atoms with E-state index < -0.39 is 17.4 Å². The molecule has 0 amide bonds. The molecule has 0 saturated heterocycles. The Hall–Kier alpha value is -1.06. The Morgan fingerprint density at radius 3 is 1.48 bits per heavy atom. The van der Waals surface area contributed by atoms with Crippen molar-refractivity contribution in [3.8, 4) is 0 Å². The van der Waals surface area contributed by atoms with E-state index in [-0.39, 0.29) is 12.8 Å². The minimum absolute atomic E-state index is 0.0513. The fourth-order valence-corrected chi connectivity index (χ4v) is 3.43. The molecule has 0 aromatic rings. The highest BCUT2D eigenvalue weighted by Crippen LogP contribution is 2.37. The van der Waals surface area contributed by atoms with Gasteiger partial charge < -0.3 is 10.2 Å². The van der Waals surface area contributed by atoms with Gasteiger partial charge in [-0.3, -0.25) is 9.59 Å². The van der Waals surface area contributed by atoms with Gasteiger partial charge in [-0.2, -0.15) is 0 Å². The zero-order valence-corrected chi connectivity index (χ0v) is 16.9. The van der Waals surface area contributed by atoms with Gasteiger partial charge in [-0.15, -0.1) is 0 Å². The van der Waals surface area contributed by atoms with Crippen LogP contribution in [0.25, 0.3) is 0 Å². The SMILES string of the molecule is CC(C)CCCCCC(CCCCCC(C)C)(CCC(=O)O)C(=O)O. The molecule has 148 valence electrons. The normalized spacial score (nSPS) is 12.1. The van der Waals surface area contributed by atoms with Crippen LogP contribution in [0.15, 0.2) is 0 Å². The van der Waals surface area contributed by atoms with Gasteiger partial charge in [-0.1, -0.05) is 79.1 Å². The summed E-state index contributed by atoms with van der Waals surface area (Å²) in [5.41, 5.74) is -0.853. The predicted molar refractivity (Wildman–Crippen MR) is 103 cm³/mol. The summed E-state index contributed by atoms with van der Waals surface area (Å²) >= 11 is 0. The first-order valence-electron chi connectivity index (χ1n) is 10.1. The lowest BCUT2D eigenvalue weighted by Crippen LogP contribution is -2.32. The van der Waals surface area contributed by atoms with Crippen LogP contribution in [-0.4, -0.2) is 22.2 Å². The second-order valence-electron chi connectivity index (χ2n) is 8.47. The van der Waals surface area contributed by atoms with E-state index in [0.29, 0.717) is 24.7 Å². The van der Waals surface area contributed by atoms with Crippen LogP contribution in [0.3, 0.4) is 0 Å². The number of aliphatic carboxylic acids is 2. The van der Waals surface area contributed by atoms with Gasteiger partial charge in [0, 0.05) is 6.42 Å². The van der Waals surface area contributed by atoms with E-state index in [4.69, 9.17) is 5.11 Å². The molecule has 0 aromatic carbocycles. The number of hydrogen-bond donors (Lipinski definition) is 2. The largest absolute Gasteiger partial charge is 0.481 e. The predicted octanol–water partition coefficient (Wildman–Crippen LogP) is 6.14. The molecule has 0 aliphatic carbocycles. The van der Waals surface area contributed by atoms with Gasteiger partial charge in [0.25, 0.3) is 0 Å². The van der Waals surface area contributed by atoms with Gasteiger partial charge >= 0.3 is 11.9 Å². The van der Waals surface area contributed by atoms with Crippen LogP contribution in [0.4, 0.5) is 0 Å². The van der Waals surface area contributed by atoms with Crippen molar-refractivity contribution >= 4 is 11.9 Å². The minimum Gasteiger partial charge on any atom is -0.481 e. The lowest BCUT2D eigenvalue weighted by Gasteiger charge is -2.29. The van der Waals surface area contributed by atoms with Crippen LogP contribution in [0.5, 0.6) is 0 Å². The van der Waals surface area contributed by atoms with Crippen molar-refractivity contribution in [1.82, 2.24) is 0 Å². The van der Waals surface area contributed by atoms with Crippen LogP contribution < -0.4 is 0 Å². The van der Waals surface area contributed by atoms with Gasteiger partial charge in [0.2, 0.25) is 0 Å². The summed E-state index contributed by atoms with van der Waals surface area (Å²) in [7, 11) is 0. The quantitative estimate of drug-likeness (QED) is 0.326. The summed E-state index contributed by atoms with van der Waals surface area (Å²) in [6.45, 7) is 8.80. The molecule has 0 saturated carbocycles. The van der Waals surface area contributed by atoms with Crippen LogP contribution in [0, 0.1) is 17.3 Å². The molecule has 25 heavy (non-hydrogen) atoms. The molecular formula is C21H40O4. The number of carboxylic acid groups (broad SMARTS) is 2. The highest BCUT2D eigenvalue weighted by Gasteiger charge is 2.37. The molecule has 0 radical (unpaired) electrons. The maximum atomic E-state index is 12.0. The third-order valence-electron chi connectivity index (χ3n) is 5.14. The second-order valence-corrected chi connectivity index (χ2v) is 8.47. The van der Waals surface area contributed by atoms with Gasteiger partial charge in [-0.05, 0) is 31.1 Å². The summed E-state index contributed by atoms with van der Waals surface area (Å²) in [5, 5.41) is 18.8. The summed E-state index contributed by atoms with van der Waals surface area (Å²) in [5.74, 6) is -0.346. The summed E-state index contributed by atoms with van der Waals surface area (Å²) in [6, 6.07) is 0. The molecule has 0 bridgehead atoms. The van der Waals surface area contributed by atoms with Crippen molar-refractivity contribution in [2.24, 2.45) is 17.3 Å². The van der Waals surface area contributed by atoms with Crippen molar-refractivity contribution < 1.29 is 19.8 Å². The Kier molecular flexibility index (Phi) is 12.6. The first kappa shape index (κ1) is 23.9. The third kappa shape index (κ3) is 12.0. The molecule has 0 aliphatic rings. The molecule has 0 unspecified atom stereocenters. The van der Waals surface area contributed by atoms with Crippen LogP contribution >= 0.6 is 0 Å². The van der Waals surface area contributed by atoms with Gasteiger partial charge in [0.1, 0.15) is 0 Å².